The molecule has 0 fully saturated rings. The second-order valence-corrected chi connectivity index (χ2v) is 6.57. The van der Waals surface area contributed by atoms with Crippen molar-refractivity contribution in [3.63, 3.8) is 0 Å². The maximum Gasteiger partial charge on any atom is 0.263 e. The number of amides is 1. The van der Waals surface area contributed by atoms with E-state index in [1.807, 2.05) is 6.92 Å². The van der Waals surface area contributed by atoms with Gasteiger partial charge in [0.1, 0.15) is 11.6 Å². The van der Waals surface area contributed by atoms with Crippen LogP contribution in [0.2, 0.25) is 0 Å². The first kappa shape index (κ1) is 16.1. The van der Waals surface area contributed by atoms with Crippen LogP contribution in [0.1, 0.15) is 6.92 Å². The number of ether oxygens (including phenoxy) is 2. The van der Waals surface area contributed by atoms with Crippen molar-refractivity contribution in [1.82, 2.24) is 4.98 Å². The fourth-order valence-electron chi connectivity index (χ4n) is 2.10. The third kappa shape index (κ3) is 3.40. The van der Waals surface area contributed by atoms with Crippen molar-refractivity contribution >= 4 is 27.6 Å². The average Bonchev–Trinajstić information content (AvgIpc) is 2.55. The number of sulfonamides is 1. The summed E-state index contributed by atoms with van der Waals surface area (Å²) in [6.07, 6.45) is 0. The number of fused-ring (bicyclic) bond motifs is 1. The Morgan fingerprint density at radius 1 is 1.25 bits per heavy atom. The zero-order valence-electron chi connectivity index (χ0n) is 12.8. The SMILES string of the molecule is CCOc1ccc(S(=O)(=O)Nc2ccc3c(n2)NC(=O)CO3)cc1. The van der Waals surface area contributed by atoms with Crippen LogP contribution in [0.3, 0.4) is 0 Å². The first-order valence-corrected chi connectivity index (χ1v) is 8.65. The van der Waals surface area contributed by atoms with Gasteiger partial charge in [-0.3, -0.25) is 9.52 Å². The van der Waals surface area contributed by atoms with E-state index in [1.165, 1.54) is 24.3 Å². The van der Waals surface area contributed by atoms with Crippen molar-refractivity contribution in [2.24, 2.45) is 0 Å². The number of hydrogen-bond acceptors (Lipinski definition) is 6. The molecule has 1 aliphatic heterocycles. The third-order valence-electron chi connectivity index (χ3n) is 3.16. The number of nitrogens with zero attached hydrogens (tertiary/aromatic N) is 1. The molecule has 0 saturated heterocycles. The fraction of sp³-hybridized carbons (Fsp3) is 0.200. The first-order chi connectivity index (χ1) is 11.5. The van der Waals surface area contributed by atoms with Crippen molar-refractivity contribution < 1.29 is 22.7 Å². The normalized spacial score (nSPS) is 13.5. The second kappa shape index (κ2) is 6.36. The maximum atomic E-state index is 12.4. The van der Waals surface area contributed by atoms with Crippen LogP contribution in [-0.4, -0.2) is 32.5 Å². The van der Waals surface area contributed by atoms with Crippen molar-refractivity contribution in [2.45, 2.75) is 11.8 Å². The molecule has 0 spiro atoms. The number of pyridine rings is 1. The summed E-state index contributed by atoms with van der Waals surface area (Å²) >= 11 is 0. The molecule has 1 aromatic carbocycles. The lowest BCUT2D eigenvalue weighted by atomic mass is 10.3. The molecule has 126 valence electrons. The molecule has 1 amide bonds. The van der Waals surface area contributed by atoms with Gasteiger partial charge in [-0.05, 0) is 43.3 Å². The van der Waals surface area contributed by atoms with Gasteiger partial charge in [0.05, 0.1) is 11.5 Å². The summed E-state index contributed by atoms with van der Waals surface area (Å²) in [7, 11) is -3.81. The number of nitrogens with one attached hydrogen (secondary N) is 2. The van der Waals surface area contributed by atoms with E-state index in [2.05, 4.69) is 15.0 Å². The van der Waals surface area contributed by atoms with Crippen LogP contribution in [0.4, 0.5) is 11.6 Å². The molecule has 0 saturated carbocycles. The highest BCUT2D eigenvalue weighted by molar-refractivity contribution is 7.92. The Bertz CT molecular complexity index is 865. The molecule has 8 nitrogen and oxygen atoms in total. The lowest BCUT2D eigenvalue weighted by Gasteiger charge is -2.17. The van der Waals surface area contributed by atoms with Crippen molar-refractivity contribution in [3.05, 3.63) is 36.4 Å². The Kier molecular flexibility index (Phi) is 4.26. The molecular formula is C15H15N3O5S. The van der Waals surface area contributed by atoms with Crippen molar-refractivity contribution in [3.8, 4) is 11.5 Å². The van der Waals surface area contributed by atoms with Gasteiger partial charge in [-0.1, -0.05) is 0 Å². The van der Waals surface area contributed by atoms with Gasteiger partial charge in [-0.2, -0.15) is 0 Å². The lowest BCUT2D eigenvalue weighted by Crippen LogP contribution is -2.26. The quantitative estimate of drug-likeness (QED) is 0.849. The summed E-state index contributed by atoms with van der Waals surface area (Å²) in [6.45, 7) is 2.25. The third-order valence-corrected chi connectivity index (χ3v) is 4.53. The van der Waals surface area contributed by atoms with Crippen LogP contribution in [0.15, 0.2) is 41.3 Å². The highest BCUT2D eigenvalue weighted by Gasteiger charge is 2.20. The van der Waals surface area contributed by atoms with Crippen LogP contribution in [0, 0.1) is 0 Å². The summed E-state index contributed by atoms with van der Waals surface area (Å²) in [5, 5.41) is 2.52. The average molecular weight is 349 g/mol. The molecule has 0 aliphatic carbocycles. The smallest absolute Gasteiger partial charge is 0.263 e. The number of benzene rings is 1. The zero-order chi connectivity index (χ0) is 17.2. The number of carbonyl (C=O) groups is 1. The van der Waals surface area contributed by atoms with E-state index in [0.29, 0.717) is 18.1 Å². The van der Waals surface area contributed by atoms with Gasteiger partial charge < -0.3 is 14.8 Å². The van der Waals surface area contributed by atoms with Crippen LogP contribution in [0.25, 0.3) is 0 Å². The molecular weight excluding hydrogens is 334 g/mol. The Labute approximate surface area is 138 Å². The zero-order valence-corrected chi connectivity index (χ0v) is 13.6. The summed E-state index contributed by atoms with van der Waals surface area (Å²) in [4.78, 5) is 15.4. The molecule has 2 heterocycles. The summed E-state index contributed by atoms with van der Waals surface area (Å²) in [6, 6.07) is 9.03. The molecule has 0 atom stereocenters. The molecule has 3 rings (SSSR count). The summed E-state index contributed by atoms with van der Waals surface area (Å²) in [5.74, 6) is 0.884. The molecule has 0 bridgehead atoms. The Hall–Kier alpha value is -2.81. The molecule has 0 unspecified atom stereocenters. The minimum atomic E-state index is -3.81. The van der Waals surface area contributed by atoms with E-state index in [-0.39, 0.29) is 29.0 Å². The summed E-state index contributed by atoms with van der Waals surface area (Å²) in [5.41, 5.74) is 0. The van der Waals surface area contributed by atoms with Crippen LogP contribution in [-0.2, 0) is 14.8 Å². The Morgan fingerprint density at radius 3 is 2.71 bits per heavy atom. The molecule has 24 heavy (non-hydrogen) atoms. The fourth-order valence-corrected chi connectivity index (χ4v) is 3.10. The predicted molar refractivity (Wildman–Crippen MR) is 86.8 cm³/mol. The lowest BCUT2D eigenvalue weighted by molar-refractivity contribution is -0.118. The van der Waals surface area contributed by atoms with Crippen LogP contribution >= 0.6 is 0 Å². The highest BCUT2D eigenvalue weighted by Crippen LogP contribution is 2.28. The van der Waals surface area contributed by atoms with Crippen molar-refractivity contribution in [2.75, 3.05) is 23.3 Å². The first-order valence-electron chi connectivity index (χ1n) is 7.17. The second-order valence-electron chi connectivity index (χ2n) is 4.89. The van der Waals surface area contributed by atoms with E-state index in [0.717, 1.165) is 0 Å². The van der Waals surface area contributed by atoms with E-state index in [4.69, 9.17) is 9.47 Å². The minimum Gasteiger partial charge on any atom is -0.494 e. The molecule has 1 aliphatic rings. The van der Waals surface area contributed by atoms with Crippen LogP contribution < -0.4 is 19.5 Å². The van der Waals surface area contributed by atoms with E-state index in [9.17, 15) is 13.2 Å². The van der Waals surface area contributed by atoms with Crippen molar-refractivity contribution in [1.29, 1.82) is 0 Å². The van der Waals surface area contributed by atoms with Gasteiger partial charge >= 0.3 is 0 Å². The molecule has 2 N–H and O–H groups in total. The molecule has 9 heteroatoms. The Morgan fingerprint density at radius 2 is 2.00 bits per heavy atom. The number of aromatic nitrogens is 1. The monoisotopic (exact) mass is 349 g/mol. The minimum absolute atomic E-state index is 0.0748. The van der Waals surface area contributed by atoms with Gasteiger partial charge in [-0.15, -0.1) is 0 Å². The van der Waals surface area contributed by atoms with Gasteiger partial charge in [-0.25, -0.2) is 13.4 Å². The Balaban J connectivity index is 1.81. The predicted octanol–water partition coefficient (Wildman–Crippen LogP) is 1.61. The van der Waals surface area contributed by atoms with Crippen LogP contribution in [0.5, 0.6) is 11.5 Å². The number of carbonyl (C=O) groups excluding carboxylic acids is 1. The van der Waals surface area contributed by atoms with Gasteiger partial charge in [0.25, 0.3) is 15.9 Å². The molecule has 0 radical (unpaired) electrons. The van der Waals surface area contributed by atoms with E-state index in [1.54, 1.807) is 12.1 Å². The summed E-state index contributed by atoms with van der Waals surface area (Å²) < 4.78 is 37.6. The number of hydrogen-bond donors (Lipinski definition) is 2. The number of anilines is 2. The largest absolute Gasteiger partial charge is 0.494 e. The molecule has 1 aromatic heterocycles. The van der Waals surface area contributed by atoms with E-state index < -0.39 is 10.0 Å². The molecule has 2 aromatic rings. The maximum absolute atomic E-state index is 12.4. The highest BCUT2D eigenvalue weighted by atomic mass is 32.2. The van der Waals surface area contributed by atoms with Gasteiger partial charge in [0.15, 0.2) is 18.2 Å². The van der Waals surface area contributed by atoms with Gasteiger partial charge in [0, 0.05) is 0 Å². The van der Waals surface area contributed by atoms with Gasteiger partial charge in [0.2, 0.25) is 0 Å². The number of rotatable bonds is 5. The topological polar surface area (TPSA) is 107 Å². The van der Waals surface area contributed by atoms with E-state index >= 15 is 0 Å². The standard InChI is InChI=1S/C15H15N3O5S/c1-2-22-10-3-5-11(6-4-10)24(20,21)18-13-8-7-12-15(16-13)17-14(19)9-23-12/h3-8H,2,9H2,1H3,(H2,16,17,18,19).